The van der Waals surface area contributed by atoms with E-state index in [1.165, 1.54) is 6.07 Å². The number of nitrogens with one attached hydrogen (secondary N) is 1. The fourth-order valence-electron chi connectivity index (χ4n) is 3.40. The molecule has 4 rings (SSSR count). The van der Waals surface area contributed by atoms with Crippen molar-refractivity contribution in [2.75, 3.05) is 10.2 Å². The Morgan fingerprint density at radius 1 is 0.912 bits per heavy atom. The van der Waals surface area contributed by atoms with Crippen molar-refractivity contribution in [3.8, 4) is 5.75 Å². The molecule has 8 heteroatoms. The van der Waals surface area contributed by atoms with Crippen LogP contribution in [-0.4, -0.2) is 17.8 Å². The minimum atomic E-state index is -0.653. The predicted octanol–water partition coefficient (Wildman–Crippen LogP) is 6.12. The highest BCUT2D eigenvalue weighted by atomic mass is 35.5. The first-order valence-corrected chi connectivity index (χ1v) is 11.2. The molecule has 0 unspecified atom stereocenters. The number of benzene rings is 3. The number of carbonyl (C=O) groups excluding carboxylic acids is 3. The number of hydrogen-bond acceptors (Lipinski definition) is 5. The van der Waals surface area contributed by atoms with Gasteiger partial charge in [0.2, 0.25) is 0 Å². The highest BCUT2D eigenvalue weighted by molar-refractivity contribution is 6.53. The van der Waals surface area contributed by atoms with Crippen LogP contribution in [0.3, 0.4) is 0 Å². The molecule has 0 spiro atoms. The van der Waals surface area contributed by atoms with E-state index in [1.807, 2.05) is 18.2 Å². The van der Waals surface area contributed by atoms with Crippen LogP contribution in [0, 0.1) is 0 Å². The number of carbonyl (C=O) groups is 3. The van der Waals surface area contributed by atoms with Crippen LogP contribution in [0.15, 0.2) is 83.5 Å². The van der Waals surface area contributed by atoms with E-state index >= 15 is 0 Å². The zero-order valence-electron chi connectivity index (χ0n) is 18.3. The summed E-state index contributed by atoms with van der Waals surface area (Å²) in [5, 5.41) is 3.02. The molecular formula is C26H20Cl2N2O4. The third kappa shape index (κ3) is 4.83. The molecule has 0 saturated heterocycles. The van der Waals surface area contributed by atoms with Crippen molar-refractivity contribution in [2.24, 2.45) is 0 Å². The number of hydrogen-bond donors (Lipinski definition) is 1. The minimum absolute atomic E-state index is 0.0625. The fraction of sp³-hybridized carbons (Fsp3) is 0.115. The SMILES string of the molecule is CC(C)c1cccc(OC(=O)c2ccc(NC3=C(Cl)C(=O)N(c4cccc(Cl)c4)C3=O)cc2)c1. The highest BCUT2D eigenvalue weighted by Crippen LogP contribution is 2.31. The summed E-state index contributed by atoms with van der Waals surface area (Å²) < 4.78 is 5.48. The summed E-state index contributed by atoms with van der Waals surface area (Å²) >= 11 is 12.1. The van der Waals surface area contributed by atoms with Crippen molar-refractivity contribution in [1.82, 2.24) is 0 Å². The van der Waals surface area contributed by atoms with E-state index in [0.29, 0.717) is 33.6 Å². The normalized spacial score (nSPS) is 13.6. The number of ether oxygens (including phenoxy) is 1. The lowest BCUT2D eigenvalue weighted by molar-refractivity contribution is -0.120. The van der Waals surface area contributed by atoms with Crippen LogP contribution in [0.25, 0.3) is 0 Å². The average molecular weight is 495 g/mol. The Kier molecular flexibility index (Phi) is 6.72. The van der Waals surface area contributed by atoms with Crippen LogP contribution < -0.4 is 15.0 Å². The molecule has 1 N–H and O–H groups in total. The summed E-state index contributed by atoms with van der Waals surface area (Å²) in [4.78, 5) is 38.9. The predicted molar refractivity (Wildman–Crippen MR) is 132 cm³/mol. The van der Waals surface area contributed by atoms with Crippen molar-refractivity contribution >= 4 is 52.4 Å². The van der Waals surface area contributed by atoms with Crippen molar-refractivity contribution in [3.63, 3.8) is 0 Å². The van der Waals surface area contributed by atoms with Gasteiger partial charge in [-0.25, -0.2) is 9.69 Å². The zero-order valence-corrected chi connectivity index (χ0v) is 19.9. The molecule has 3 aromatic carbocycles. The van der Waals surface area contributed by atoms with E-state index in [4.69, 9.17) is 27.9 Å². The summed E-state index contributed by atoms with van der Waals surface area (Å²) in [6, 6.07) is 20.0. The summed E-state index contributed by atoms with van der Waals surface area (Å²) in [6.07, 6.45) is 0. The Morgan fingerprint density at radius 3 is 2.29 bits per heavy atom. The van der Waals surface area contributed by atoms with Crippen LogP contribution in [0.5, 0.6) is 5.75 Å². The molecule has 0 saturated carbocycles. The summed E-state index contributed by atoms with van der Waals surface area (Å²) in [5.41, 5.74) is 2.12. The largest absolute Gasteiger partial charge is 0.423 e. The van der Waals surface area contributed by atoms with Crippen LogP contribution >= 0.6 is 23.2 Å². The monoisotopic (exact) mass is 494 g/mol. The fourth-order valence-corrected chi connectivity index (χ4v) is 3.80. The second kappa shape index (κ2) is 9.71. The maximum absolute atomic E-state index is 12.9. The number of rotatable bonds is 6. The zero-order chi connectivity index (χ0) is 24.4. The lowest BCUT2D eigenvalue weighted by Crippen LogP contribution is -2.32. The number of anilines is 2. The molecule has 3 aromatic rings. The molecule has 6 nitrogen and oxygen atoms in total. The van der Waals surface area contributed by atoms with Gasteiger partial charge in [0.25, 0.3) is 11.8 Å². The van der Waals surface area contributed by atoms with E-state index in [9.17, 15) is 14.4 Å². The Balaban J connectivity index is 1.47. The molecule has 1 aliphatic heterocycles. The molecule has 172 valence electrons. The van der Waals surface area contributed by atoms with Gasteiger partial charge in [0, 0.05) is 10.7 Å². The van der Waals surface area contributed by atoms with Crippen molar-refractivity contribution in [3.05, 3.63) is 99.7 Å². The average Bonchev–Trinajstić information content (AvgIpc) is 3.02. The van der Waals surface area contributed by atoms with E-state index in [2.05, 4.69) is 19.2 Å². The van der Waals surface area contributed by atoms with Gasteiger partial charge in [0.1, 0.15) is 16.5 Å². The molecule has 0 radical (unpaired) electrons. The Morgan fingerprint density at radius 2 is 1.62 bits per heavy atom. The van der Waals surface area contributed by atoms with Crippen LogP contribution in [0.4, 0.5) is 11.4 Å². The Bertz CT molecular complexity index is 1320. The second-order valence-corrected chi connectivity index (χ2v) is 8.75. The summed E-state index contributed by atoms with van der Waals surface area (Å²) in [5.74, 6) is -0.994. The first-order chi connectivity index (χ1) is 16.2. The first kappa shape index (κ1) is 23.5. The topological polar surface area (TPSA) is 75.7 Å². The summed E-state index contributed by atoms with van der Waals surface area (Å²) in [6.45, 7) is 4.12. The quantitative estimate of drug-likeness (QED) is 0.253. The molecule has 1 heterocycles. The lowest BCUT2D eigenvalue weighted by Gasteiger charge is -2.15. The Labute approximate surface area is 206 Å². The molecule has 1 aliphatic rings. The number of esters is 1. The van der Waals surface area contributed by atoms with Gasteiger partial charge in [-0.3, -0.25) is 9.59 Å². The van der Waals surface area contributed by atoms with Crippen molar-refractivity contribution < 1.29 is 19.1 Å². The van der Waals surface area contributed by atoms with E-state index in [0.717, 1.165) is 10.5 Å². The minimum Gasteiger partial charge on any atom is -0.423 e. The number of halogens is 2. The van der Waals surface area contributed by atoms with Gasteiger partial charge in [-0.2, -0.15) is 0 Å². The number of nitrogens with zero attached hydrogens (tertiary/aromatic N) is 1. The van der Waals surface area contributed by atoms with E-state index in [1.54, 1.807) is 48.5 Å². The standard InChI is InChI=1S/C26H20Cl2N2O4/c1-15(2)17-5-3-8-21(13-17)34-26(33)16-9-11-19(12-10-16)29-23-22(28)24(31)30(25(23)32)20-7-4-6-18(27)14-20/h3-15,29H,1-2H3. The first-order valence-electron chi connectivity index (χ1n) is 10.5. The maximum Gasteiger partial charge on any atom is 0.343 e. The van der Waals surface area contributed by atoms with Gasteiger partial charge >= 0.3 is 5.97 Å². The van der Waals surface area contributed by atoms with Gasteiger partial charge < -0.3 is 10.1 Å². The molecular weight excluding hydrogens is 475 g/mol. The third-order valence-corrected chi connectivity index (χ3v) is 5.80. The lowest BCUT2D eigenvalue weighted by atomic mass is 10.0. The van der Waals surface area contributed by atoms with Gasteiger partial charge in [-0.1, -0.05) is 55.2 Å². The Hall–Kier alpha value is -3.61. The van der Waals surface area contributed by atoms with Crippen LogP contribution in [0.1, 0.15) is 35.7 Å². The van der Waals surface area contributed by atoms with Gasteiger partial charge in [-0.15, -0.1) is 0 Å². The highest BCUT2D eigenvalue weighted by Gasteiger charge is 2.39. The molecule has 0 aliphatic carbocycles. The molecule has 0 aromatic heterocycles. The van der Waals surface area contributed by atoms with Gasteiger partial charge in [0.15, 0.2) is 0 Å². The third-order valence-electron chi connectivity index (χ3n) is 5.22. The van der Waals surface area contributed by atoms with Crippen molar-refractivity contribution in [2.45, 2.75) is 19.8 Å². The molecule has 0 atom stereocenters. The van der Waals surface area contributed by atoms with Crippen LogP contribution in [-0.2, 0) is 9.59 Å². The van der Waals surface area contributed by atoms with Gasteiger partial charge in [-0.05, 0) is 66.1 Å². The van der Waals surface area contributed by atoms with E-state index in [-0.39, 0.29) is 10.7 Å². The number of amides is 2. The smallest absolute Gasteiger partial charge is 0.343 e. The van der Waals surface area contributed by atoms with Gasteiger partial charge in [0.05, 0.1) is 11.3 Å². The summed E-state index contributed by atoms with van der Waals surface area (Å²) in [7, 11) is 0. The van der Waals surface area contributed by atoms with Crippen LogP contribution in [0.2, 0.25) is 5.02 Å². The molecule has 0 fully saturated rings. The maximum atomic E-state index is 12.9. The number of imide groups is 1. The molecule has 2 amide bonds. The van der Waals surface area contributed by atoms with E-state index < -0.39 is 17.8 Å². The van der Waals surface area contributed by atoms with Crippen molar-refractivity contribution in [1.29, 1.82) is 0 Å². The molecule has 0 bridgehead atoms. The molecule has 34 heavy (non-hydrogen) atoms. The second-order valence-electron chi connectivity index (χ2n) is 7.93.